The van der Waals surface area contributed by atoms with Crippen molar-refractivity contribution >= 4 is 33.7 Å². The normalized spacial score (nSPS) is 10.5. The first-order valence-corrected chi connectivity index (χ1v) is 6.31. The fraction of sp³-hybridized carbons (Fsp3) is 0.333. The summed E-state index contributed by atoms with van der Waals surface area (Å²) in [6, 6.07) is 0. The van der Waals surface area contributed by atoms with Crippen molar-refractivity contribution in [3.8, 4) is 0 Å². The number of nitrogen functional groups attached to an aromatic ring is 1. The van der Waals surface area contributed by atoms with Gasteiger partial charge in [0.2, 0.25) is 0 Å². The van der Waals surface area contributed by atoms with E-state index in [1.807, 2.05) is 12.4 Å². The molecule has 2 rings (SSSR count). The van der Waals surface area contributed by atoms with Crippen LogP contribution in [0, 0.1) is 6.92 Å². The van der Waals surface area contributed by atoms with E-state index in [9.17, 15) is 0 Å². The number of aromatic nitrogens is 2. The molecular weight excluding hydrogens is 228 g/mol. The van der Waals surface area contributed by atoms with Crippen LogP contribution in [-0.2, 0) is 6.42 Å². The van der Waals surface area contributed by atoms with E-state index in [1.165, 1.54) is 11.5 Å². The standard InChI is InChI=1S/C9H12N4S2/c1-6-8(10)13-15-9(6)11-3-2-7-4-14-5-12-7/h4-5,11H,2-3H2,1H3,(H2,10,13). The van der Waals surface area contributed by atoms with E-state index in [0.717, 1.165) is 29.2 Å². The number of rotatable bonds is 4. The van der Waals surface area contributed by atoms with Gasteiger partial charge in [-0.25, -0.2) is 4.98 Å². The van der Waals surface area contributed by atoms with Gasteiger partial charge in [0, 0.05) is 23.9 Å². The van der Waals surface area contributed by atoms with Crippen LogP contribution in [0.25, 0.3) is 0 Å². The van der Waals surface area contributed by atoms with Crippen LogP contribution in [0.15, 0.2) is 10.9 Å². The second-order valence-corrected chi connectivity index (χ2v) is 4.67. The molecule has 0 fully saturated rings. The smallest absolute Gasteiger partial charge is 0.142 e. The average Bonchev–Trinajstić information content (AvgIpc) is 2.83. The maximum absolute atomic E-state index is 5.66. The van der Waals surface area contributed by atoms with Crippen molar-refractivity contribution in [2.45, 2.75) is 13.3 Å². The first-order chi connectivity index (χ1) is 7.27. The molecule has 0 saturated carbocycles. The van der Waals surface area contributed by atoms with Crippen molar-refractivity contribution in [2.24, 2.45) is 0 Å². The van der Waals surface area contributed by atoms with E-state index in [4.69, 9.17) is 5.73 Å². The Morgan fingerprint density at radius 1 is 1.53 bits per heavy atom. The zero-order chi connectivity index (χ0) is 10.7. The van der Waals surface area contributed by atoms with E-state index in [0.29, 0.717) is 5.82 Å². The van der Waals surface area contributed by atoms with E-state index in [-0.39, 0.29) is 0 Å². The van der Waals surface area contributed by atoms with Gasteiger partial charge < -0.3 is 11.1 Å². The number of nitrogens with two attached hydrogens (primary N) is 1. The fourth-order valence-electron chi connectivity index (χ4n) is 1.18. The highest BCUT2D eigenvalue weighted by Gasteiger charge is 2.05. The molecule has 0 aromatic carbocycles. The molecule has 0 spiro atoms. The Hall–Kier alpha value is -1.14. The summed E-state index contributed by atoms with van der Waals surface area (Å²) >= 11 is 3.03. The van der Waals surface area contributed by atoms with Crippen LogP contribution in [0.2, 0.25) is 0 Å². The van der Waals surface area contributed by atoms with Gasteiger partial charge in [-0.05, 0) is 18.5 Å². The lowest BCUT2D eigenvalue weighted by Gasteiger charge is -2.02. The molecule has 15 heavy (non-hydrogen) atoms. The largest absolute Gasteiger partial charge is 0.383 e. The summed E-state index contributed by atoms with van der Waals surface area (Å²) in [5.74, 6) is 0.621. The van der Waals surface area contributed by atoms with Crippen LogP contribution >= 0.6 is 22.9 Å². The Morgan fingerprint density at radius 3 is 3.00 bits per heavy atom. The Kier molecular flexibility index (Phi) is 3.17. The van der Waals surface area contributed by atoms with Gasteiger partial charge in [-0.3, -0.25) is 0 Å². The fourth-order valence-corrected chi connectivity index (χ4v) is 2.51. The number of hydrogen-bond acceptors (Lipinski definition) is 6. The molecule has 0 saturated heterocycles. The Balaban J connectivity index is 1.86. The summed E-state index contributed by atoms with van der Waals surface area (Å²) in [6.45, 7) is 2.84. The van der Waals surface area contributed by atoms with Gasteiger partial charge in [-0.2, -0.15) is 4.37 Å². The molecule has 0 unspecified atom stereocenters. The van der Waals surface area contributed by atoms with Crippen LogP contribution in [0.1, 0.15) is 11.3 Å². The van der Waals surface area contributed by atoms with Crippen molar-refractivity contribution in [3.63, 3.8) is 0 Å². The van der Waals surface area contributed by atoms with Crippen LogP contribution in [0.5, 0.6) is 0 Å². The molecule has 4 nitrogen and oxygen atoms in total. The minimum absolute atomic E-state index is 0.621. The molecule has 0 aliphatic rings. The second kappa shape index (κ2) is 4.59. The van der Waals surface area contributed by atoms with Crippen molar-refractivity contribution in [1.82, 2.24) is 9.36 Å². The number of thiazole rings is 1. The van der Waals surface area contributed by atoms with Crippen LogP contribution < -0.4 is 11.1 Å². The quantitative estimate of drug-likeness (QED) is 0.859. The highest BCUT2D eigenvalue weighted by Crippen LogP contribution is 2.24. The van der Waals surface area contributed by atoms with Gasteiger partial charge in [0.15, 0.2) is 0 Å². The molecule has 3 N–H and O–H groups in total. The molecule has 0 atom stereocenters. The minimum Gasteiger partial charge on any atom is -0.383 e. The average molecular weight is 240 g/mol. The molecule has 6 heteroatoms. The molecule has 80 valence electrons. The van der Waals surface area contributed by atoms with Crippen LogP contribution in [0.4, 0.5) is 10.8 Å². The topological polar surface area (TPSA) is 63.8 Å². The van der Waals surface area contributed by atoms with E-state index in [1.54, 1.807) is 11.3 Å². The SMILES string of the molecule is Cc1c(N)nsc1NCCc1cscn1. The zero-order valence-corrected chi connectivity index (χ0v) is 9.99. The first kappa shape index (κ1) is 10.4. The summed E-state index contributed by atoms with van der Waals surface area (Å²) in [4.78, 5) is 4.22. The lowest BCUT2D eigenvalue weighted by atomic mass is 10.3. The summed E-state index contributed by atoms with van der Waals surface area (Å²) in [6.07, 6.45) is 0.931. The Bertz CT molecular complexity index is 421. The van der Waals surface area contributed by atoms with Crippen molar-refractivity contribution < 1.29 is 0 Å². The summed E-state index contributed by atoms with van der Waals surface area (Å²) in [7, 11) is 0. The Labute approximate surface area is 96.3 Å². The van der Waals surface area contributed by atoms with Crippen molar-refractivity contribution in [1.29, 1.82) is 0 Å². The van der Waals surface area contributed by atoms with Crippen molar-refractivity contribution in [3.05, 3.63) is 22.1 Å². The zero-order valence-electron chi connectivity index (χ0n) is 8.36. The highest BCUT2D eigenvalue weighted by molar-refractivity contribution is 7.10. The minimum atomic E-state index is 0.621. The number of anilines is 2. The summed E-state index contributed by atoms with van der Waals surface area (Å²) in [5, 5.41) is 6.44. The molecule has 0 amide bonds. The second-order valence-electron chi connectivity index (χ2n) is 3.18. The third kappa shape index (κ3) is 2.45. The lowest BCUT2D eigenvalue weighted by Crippen LogP contribution is -2.04. The summed E-state index contributed by atoms with van der Waals surface area (Å²) < 4.78 is 4.08. The number of hydrogen-bond donors (Lipinski definition) is 2. The van der Waals surface area contributed by atoms with E-state index in [2.05, 4.69) is 20.1 Å². The number of nitrogens with zero attached hydrogens (tertiary/aromatic N) is 2. The maximum Gasteiger partial charge on any atom is 0.142 e. The molecule has 2 heterocycles. The van der Waals surface area contributed by atoms with E-state index < -0.39 is 0 Å². The van der Waals surface area contributed by atoms with E-state index >= 15 is 0 Å². The predicted molar refractivity (Wildman–Crippen MR) is 65.6 cm³/mol. The predicted octanol–water partition coefficient (Wildman–Crippen LogP) is 2.14. The molecule has 0 aliphatic heterocycles. The molecule has 2 aromatic heterocycles. The Morgan fingerprint density at radius 2 is 2.40 bits per heavy atom. The molecule has 0 bridgehead atoms. The monoisotopic (exact) mass is 240 g/mol. The lowest BCUT2D eigenvalue weighted by molar-refractivity contribution is 0.979. The van der Waals surface area contributed by atoms with Gasteiger partial charge in [0.05, 0.1) is 11.2 Å². The van der Waals surface area contributed by atoms with Crippen LogP contribution in [-0.4, -0.2) is 15.9 Å². The van der Waals surface area contributed by atoms with Gasteiger partial charge >= 0.3 is 0 Å². The third-order valence-corrected chi connectivity index (χ3v) is 3.67. The third-order valence-electron chi connectivity index (χ3n) is 2.11. The molecule has 0 aliphatic carbocycles. The van der Waals surface area contributed by atoms with Gasteiger partial charge in [-0.1, -0.05) is 0 Å². The molecule has 0 radical (unpaired) electrons. The van der Waals surface area contributed by atoms with Crippen molar-refractivity contribution in [2.75, 3.05) is 17.6 Å². The van der Waals surface area contributed by atoms with Gasteiger partial charge in [-0.15, -0.1) is 11.3 Å². The molecule has 2 aromatic rings. The summed E-state index contributed by atoms with van der Waals surface area (Å²) in [5.41, 5.74) is 9.68. The maximum atomic E-state index is 5.66. The highest BCUT2D eigenvalue weighted by atomic mass is 32.1. The van der Waals surface area contributed by atoms with Gasteiger partial charge in [0.25, 0.3) is 0 Å². The van der Waals surface area contributed by atoms with Gasteiger partial charge in [0.1, 0.15) is 10.8 Å². The molecular formula is C9H12N4S2. The van der Waals surface area contributed by atoms with Crippen LogP contribution in [0.3, 0.4) is 0 Å². The first-order valence-electron chi connectivity index (χ1n) is 4.60. The number of nitrogens with one attached hydrogen (secondary N) is 1.